The van der Waals surface area contributed by atoms with E-state index in [1.165, 1.54) is 5.56 Å². The van der Waals surface area contributed by atoms with Gasteiger partial charge in [-0.15, -0.1) is 0 Å². The Balaban J connectivity index is 1.73. The number of piperidine rings is 1. The van der Waals surface area contributed by atoms with Crippen LogP contribution in [-0.4, -0.2) is 46.8 Å². The molecule has 100 valence electrons. The van der Waals surface area contributed by atoms with Gasteiger partial charge in [-0.1, -0.05) is 6.07 Å². The predicted octanol–water partition coefficient (Wildman–Crippen LogP) is 1.02. The summed E-state index contributed by atoms with van der Waals surface area (Å²) in [4.78, 5) is 6.62. The third-order valence-electron chi connectivity index (χ3n) is 3.51. The second-order valence-corrected chi connectivity index (χ2v) is 5.16. The van der Waals surface area contributed by atoms with E-state index in [0.717, 1.165) is 32.5 Å². The first-order chi connectivity index (χ1) is 8.78. The quantitative estimate of drug-likeness (QED) is 0.818. The fraction of sp³-hybridized carbons (Fsp3) is 0.643. The molecule has 1 saturated heterocycles. The molecule has 18 heavy (non-hydrogen) atoms. The molecule has 1 atom stereocenters. The molecule has 1 aromatic rings. The lowest BCUT2D eigenvalue weighted by Crippen LogP contribution is -2.46. The zero-order chi connectivity index (χ0) is 12.8. The largest absolute Gasteiger partial charge is 0.395 e. The topological polar surface area (TPSA) is 48.4 Å². The molecule has 0 radical (unpaired) electrons. The molecule has 2 rings (SSSR count). The Labute approximate surface area is 109 Å². The second-order valence-electron chi connectivity index (χ2n) is 5.16. The fourth-order valence-corrected chi connectivity index (χ4v) is 2.46. The molecule has 2 heterocycles. The molecule has 1 aliphatic rings. The molecular weight excluding hydrogens is 226 g/mol. The molecule has 1 aromatic heterocycles. The first-order valence-electron chi connectivity index (χ1n) is 6.76. The molecular formula is C14H23N3O. The van der Waals surface area contributed by atoms with Crippen LogP contribution in [0.5, 0.6) is 0 Å². The van der Waals surface area contributed by atoms with Gasteiger partial charge in [0.1, 0.15) is 0 Å². The van der Waals surface area contributed by atoms with Crippen LogP contribution < -0.4 is 5.32 Å². The number of rotatable bonds is 5. The van der Waals surface area contributed by atoms with Crippen molar-refractivity contribution < 1.29 is 5.11 Å². The standard InChI is InChI=1S/C14H23N3O/c1-12(11-18)16-14-4-7-17(8-5-14)10-13-3-2-6-15-9-13/h2-3,6,9,12,14,16,18H,4-5,7-8,10-11H2,1H3. The average molecular weight is 249 g/mol. The first kappa shape index (κ1) is 13.5. The highest BCUT2D eigenvalue weighted by molar-refractivity contribution is 5.08. The lowest BCUT2D eigenvalue weighted by molar-refractivity contribution is 0.170. The highest BCUT2D eigenvalue weighted by atomic mass is 16.3. The van der Waals surface area contributed by atoms with Crippen LogP contribution in [0.1, 0.15) is 25.3 Å². The van der Waals surface area contributed by atoms with E-state index in [-0.39, 0.29) is 12.6 Å². The maximum absolute atomic E-state index is 9.03. The molecule has 0 aromatic carbocycles. The molecule has 0 aliphatic carbocycles. The van der Waals surface area contributed by atoms with Crippen molar-refractivity contribution in [2.24, 2.45) is 0 Å². The number of pyridine rings is 1. The Bertz CT molecular complexity index is 336. The van der Waals surface area contributed by atoms with Crippen molar-refractivity contribution in [3.8, 4) is 0 Å². The number of hydrogen-bond donors (Lipinski definition) is 2. The van der Waals surface area contributed by atoms with Crippen LogP contribution in [0.2, 0.25) is 0 Å². The number of aromatic nitrogens is 1. The van der Waals surface area contributed by atoms with Crippen LogP contribution in [0.3, 0.4) is 0 Å². The second kappa shape index (κ2) is 6.83. The minimum absolute atomic E-state index is 0.208. The third kappa shape index (κ3) is 4.05. The summed E-state index contributed by atoms with van der Waals surface area (Å²) in [5.74, 6) is 0. The number of nitrogens with one attached hydrogen (secondary N) is 1. The molecule has 4 heteroatoms. The van der Waals surface area contributed by atoms with Crippen LogP contribution in [0.25, 0.3) is 0 Å². The van der Waals surface area contributed by atoms with Gasteiger partial charge in [-0.3, -0.25) is 9.88 Å². The lowest BCUT2D eigenvalue weighted by Gasteiger charge is -2.33. The lowest BCUT2D eigenvalue weighted by atomic mass is 10.0. The van der Waals surface area contributed by atoms with E-state index in [2.05, 4.69) is 21.3 Å². The highest BCUT2D eigenvalue weighted by Gasteiger charge is 2.20. The molecule has 2 N–H and O–H groups in total. The van der Waals surface area contributed by atoms with Gasteiger partial charge in [-0.05, 0) is 44.5 Å². The normalized spacial score (nSPS) is 19.9. The van der Waals surface area contributed by atoms with Gasteiger partial charge in [-0.2, -0.15) is 0 Å². The predicted molar refractivity (Wildman–Crippen MR) is 72.2 cm³/mol. The van der Waals surface area contributed by atoms with Crippen molar-refractivity contribution in [1.29, 1.82) is 0 Å². The van der Waals surface area contributed by atoms with Crippen molar-refractivity contribution in [3.05, 3.63) is 30.1 Å². The van der Waals surface area contributed by atoms with Gasteiger partial charge in [-0.25, -0.2) is 0 Å². The van der Waals surface area contributed by atoms with E-state index in [9.17, 15) is 0 Å². The first-order valence-corrected chi connectivity index (χ1v) is 6.76. The zero-order valence-electron chi connectivity index (χ0n) is 11.0. The number of aliphatic hydroxyl groups is 1. The van der Waals surface area contributed by atoms with E-state index in [0.29, 0.717) is 6.04 Å². The molecule has 0 amide bonds. The van der Waals surface area contributed by atoms with Crippen LogP contribution >= 0.6 is 0 Å². The van der Waals surface area contributed by atoms with Crippen LogP contribution in [0.4, 0.5) is 0 Å². The Hall–Kier alpha value is -0.970. The molecule has 1 unspecified atom stereocenters. The van der Waals surface area contributed by atoms with Gasteiger partial charge in [0.25, 0.3) is 0 Å². The maximum atomic E-state index is 9.03. The number of hydrogen-bond acceptors (Lipinski definition) is 4. The van der Waals surface area contributed by atoms with Gasteiger partial charge < -0.3 is 10.4 Å². The average Bonchev–Trinajstić information content (AvgIpc) is 2.42. The molecule has 1 fully saturated rings. The fourth-order valence-electron chi connectivity index (χ4n) is 2.46. The molecule has 0 saturated carbocycles. The third-order valence-corrected chi connectivity index (χ3v) is 3.51. The van der Waals surface area contributed by atoms with Crippen molar-refractivity contribution in [2.75, 3.05) is 19.7 Å². The van der Waals surface area contributed by atoms with Crippen molar-refractivity contribution in [3.63, 3.8) is 0 Å². The Kier molecular flexibility index (Phi) is 5.11. The molecule has 4 nitrogen and oxygen atoms in total. The summed E-state index contributed by atoms with van der Waals surface area (Å²) < 4.78 is 0. The summed E-state index contributed by atoms with van der Waals surface area (Å²) in [5, 5.41) is 12.5. The maximum Gasteiger partial charge on any atom is 0.0582 e. The van der Waals surface area contributed by atoms with Crippen molar-refractivity contribution in [1.82, 2.24) is 15.2 Å². The zero-order valence-corrected chi connectivity index (χ0v) is 11.0. The summed E-state index contributed by atoms with van der Waals surface area (Å²) in [6.07, 6.45) is 6.07. The summed E-state index contributed by atoms with van der Waals surface area (Å²) in [7, 11) is 0. The van der Waals surface area contributed by atoms with Crippen LogP contribution in [0.15, 0.2) is 24.5 Å². The van der Waals surface area contributed by atoms with Crippen LogP contribution in [0, 0.1) is 0 Å². The number of likely N-dealkylation sites (tertiary alicyclic amines) is 1. The Morgan fingerprint density at radius 2 is 2.28 bits per heavy atom. The number of nitrogens with zero attached hydrogens (tertiary/aromatic N) is 2. The smallest absolute Gasteiger partial charge is 0.0582 e. The summed E-state index contributed by atoms with van der Waals surface area (Å²) in [5.41, 5.74) is 1.28. The van der Waals surface area contributed by atoms with Crippen molar-refractivity contribution >= 4 is 0 Å². The monoisotopic (exact) mass is 249 g/mol. The summed E-state index contributed by atoms with van der Waals surface area (Å²) >= 11 is 0. The van der Waals surface area contributed by atoms with Gasteiger partial charge in [0.15, 0.2) is 0 Å². The van der Waals surface area contributed by atoms with Crippen molar-refractivity contribution in [2.45, 2.75) is 38.4 Å². The number of aliphatic hydroxyl groups excluding tert-OH is 1. The summed E-state index contributed by atoms with van der Waals surface area (Å²) in [6.45, 7) is 5.48. The molecule has 0 bridgehead atoms. The SMILES string of the molecule is CC(CO)NC1CCN(Cc2cccnc2)CC1. The molecule has 0 spiro atoms. The van der Waals surface area contributed by atoms with E-state index in [1.807, 2.05) is 25.4 Å². The van der Waals surface area contributed by atoms with Gasteiger partial charge in [0.2, 0.25) is 0 Å². The van der Waals surface area contributed by atoms with E-state index in [1.54, 1.807) is 0 Å². The van der Waals surface area contributed by atoms with Crippen LogP contribution in [-0.2, 0) is 6.54 Å². The minimum atomic E-state index is 0.208. The van der Waals surface area contributed by atoms with E-state index in [4.69, 9.17) is 5.11 Å². The van der Waals surface area contributed by atoms with E-state index < -0.39 is 0 Å². The summed E-state index contributed by atoms with van der Waals surface area (Å²) in [6, 6.07) is 4.88. The Morgan fingerprint density at radius 1 is 1.50 bits per heavy atom. The van der Waals surface area contributed by atoms with Gasteiger partial charge >= 0.3 is 0 Å². The highest BCUT2D eigenvalue weighted by Crippen LogP contribution is 2.13. The van der Waals surface area contributed by atoms with E-state index >= 15 is 0 Å². The minimum Gasteiger partial charge on any atom is -0.395 e. The molecule has 1 aliphatic heterocycles. The van der Waals surface area contributed by atoms with Gasteiger partial charge in [0.05, 0.1) is 6.61 Å². The van der Waals surface area contributed by atoms with Gasteiger partial charge in [0, 0.05) is 31.0 Å². The Morgan fingerprint density at radius 3 is 2.89 bits per heavy atom.